The number of rotatable bonds is 0. The molecule has 1 aromatic heterocycles. The van der Waals surface area contributed by atoms with E-state index in [1.165, 1.54) is 11.0 Å². The van der Waals surface area contributed by atoms with Gasteiger partial charge in [0.05, 0.1) is 0 Å². The number of pyridine rings is 1. The van der Waals surface area contributed by atoms with Crippen molar-refractivity contribution in [1.82, 2.24) is 4.98 Å². The van der Waals surface area contributed by atoms with Crippen LogP contribution in [-0.4, -0.2) is 4.98 Å². The molecule has 0 fully saturated rings. The molecule has 0 saturated heterocycles. The monoisotopic (exact) mass is 1790 g/mol. The van der Waals surface area contributed by atoms with Crippen molar-refractivity contribution in [3.8, 4) is 0 Å². The van der Waals surface area contributed by atoms with Gasteiger partial charge in [-0.1, -0.05) is 0 Å². The van der Waals surface area contributed by atoms with Gasteiger partial charge in [-0.3, -0.25) is 0 Å². The van der Waals surface area contributed by atoms with E-state index in [1.807, 2.05) is 3.02 Å². The fourth-order valence-electron chi connectivity index (χ4n) is 4.02. The van der Waals surface area contributed by atoms with E-state index in [0.717, 1.165) is 0 Å². The molecule has 0 unspecified atom stereocenters. The van der Waals surface area contributed by atoms with Gasteiger partial charge in [0.2, 0.25) is 0 Å². The standard InChI is InChI=1S/C15H6N.7Ra.7H/c1-10-4-6-14-13(7-10)9-12-5-3-11(2)8-15(12)16-14;;;;;;;;;;;;;;/h1-2H3;;;;;;;;;;;;;;. The normalized spacial score (nSPS) is 11.1. The molecule has 23 heavy (non-hydrogen) atoms. The molecule has 0 atom stereocenters. The molecule has 0 saturated carbocycles. The van der Waals surface area contributed by atoms with E-state index in [-0.39, 0.29) is 0 Å². The van der Waals surface area contributed by atoms with Crippen molar-refractivity contribution in [2.75, 3.05) is 0 Å². The molecule has 3 aromatic rings. The van der Waals surface area contributed by atoms with Crippen molar-refractivity contribution in [2.45, 2.75) is 13.8 Å². The molecule has 0 aliphatic heterocycles. The maximum absolute atomic E-state index is 5.45. The van der Waals surface area contributed by atoms with E-state index in [4.69, 9.17) is 4.98 Å². The van der Waals surface area contributed by atoms with Gasteiger partial charge in [-0.25, -0.2) is 0 Å². The Hall–Kier alpha value is 8.38. The van der Waals surface area contributed by atoms with Gasteiger partial charge in [0.25, 0.3) is 0 Å². The molecule has 8 heteroatoms. The van der Waals surface area contributed by atoms with E-state index in [1.54, 1.807) is 23.1 Å². The quantitative estimate of drug-likeness (QED) is 0.212. The number of hydrogen-bond acceptors (Lipinski definition) is 1. The summed E-state index contributed by atoms with van der Waals surface area (Å²) in [5, 5.41) is 3.49. The Labute approximate surface area is 342 Å². The first-order valence-corrected chi connectivity index (χ1v) is 37.2. The van der Waals surface area contributed by atoms with Gasteiger partial charge in [-0.2, -0.15) is 0 Å². The van der Waals surface area contributed by atoms with Crippen LogP contribution in [0.25, 0.3) is 21.8 Å². The Bertz CT molecular complexity index is 933. The van der Waals surface area contributed by atoms with Crippen molar-refractivity contribution in [1.29, 1.82) is 0 Å². The summed E-state index contributed by atoms with van der Waals surface area (Å²) in [4.78, 5) is 5.45. The summed E-state index contributed by atoms with van der Waals surface area (Å²) in [6, 6.07) is 0. The van der Waals surface area contributed by atoms with Gasteiger partial charge in [0.1, 0.15) is 0 Å². The Morgan fingerprint density at radius 3 is 1.52 bits per heavy atom. The van der Waals surface area contributed by atoms with Gasteiger partial charge in [0.15, 0.2) is 0 Å². The van der Waals surface area contributed by atoms with Gasteiger partial charge in [0, 0.05) is 0 Å². The second kappa shape index (κ2) is 11.2. The van der Waals surface area contributed by atoms with Crippen LogP contribution in [0.5, 0.6) is 0 Å². The third-order valence-corrected chi connectivity index (χ3v) is 76.8. The molecule has 0 aliphatic carbocycles. The molecule has 0 aliphatic rings. The molecule has 0 bridgehead atoms. The maximum atomic E-state index is 5.45. The van der Waals surface area contributed by atoms with E-state index in [9.17, 15) is 0 Å². The molecule has 2 aromatic carbocycles. The Morgan fingerprint density at radius 2 is 0.913 bits per heavy atom. The summed E-state index contributed by atoms with van der Waals surface area (Å²) < 4.78 is 12.8. The number of fused-ring (bicyclic) bond motifs is 2. The molecule has 3 rings (SSSR count). The molecule has 1 nitrogen and oxygen atoms in total. The third-order valence-electron chi connectivity index (χ3n) is 6.28. The Balaban J connectivity index is 2.73. The number of nitrogens with zero attached hydrogens (tertiary/aromatic N) is 1. The topological polar surface area (TPSA) is 12.9 Å². The van der Waals surface area contributed by atoms with Gasteiger partial charge in [-0.05, 0) is 0 Å². The zero-order valence-electron chi connectivity index (χ0n) is 15.9. The van der Waals surface area contributed by atoms with Crippen molar-refractivity contribution in [3.05, 3.63) is 11.1 Å². The van der Waals surface area contributed by atoms with Crippen LogP contribution in [0.15, 0.2) is 0 Å². The minimum absolute atomic E-state index is 0.408. The van der Waals surface area contributed by atoms with Gasteiger partial charge < -0.3 is 0 Å². The van der Waals surface area contributed by atoms with Crippen molar-refractivity contribution in [3.63, 3.8) is 0 Å². The molecule has 0 spiro atoms. The van der Waals surface area contributed by atoms with E-state index < -0.39 is 0 Å². The summed E-state index contributed by atoms with van der Waals surface area (Å²) in [6.07, 6.45) is 0. The van der Waals surface area contributed by atoms with Crippen molar-refractivity contribution in [2.24, 2.45) is 0 Å². The molecule has 92 valence electrons. The molecule has 0 radical (unpaired) electrons. The van der Waals surface area contributed by atoms with Crippen LogP contribution < -0.4 is 4.23 Å². The average Bonchev–Trinajstić information content (AvgIpc) is 2.53. The molecular weight excluding hydrogens is 1780 g/mol. The van der Waals surface area contributed by atoms with Crippen LogP contribution in [0.2, 0.25) is 0 Å². The summed E-state index contributed by atoms with van der Waals surface area (Å²) in [5.74, 6) is 0. The number of aromatic nitrogens is 1. The third kappa shape index (κ3) is 5.23. The summed E-state index contributed by atoms with van der Waals surface area (Å²) in [5.41, 5.74) is 6.52. The zero-order chi connectivity index (χ0) is 17.2. The fraction of sp³-hybridized carbons (Fsp3) is 0.133. The molecule has 0 N–H and O–H groups in total. The predicted octanol–water partition coefficient (Wildman–Crippen LogP) is -3.65. The summed E-state index contributed by atoms with van der Waals surface area (Å²) >= 11 is 3.12. The minimum atomic E-state index is 0.408. The fourth-order valence-corrected chi connectivity index (χ4v) is 62.1. The first-order chi connectivity index (χ1) is 10.7. The van der Waals surface area contributed by atoms with Crippen LogP contribution in [0, 0.1) is 313 Å². The first-order valence-electron chi connectivity index (χ1n) is 8.45. The summed E-state index contributed by atoms with van der Waals surface area (Å²) in [7, 11) is 0. The van der Waals surface area contributed by atoms with Gasteiger partial charge in [-0.15, -0.1) is 0 Å². The molecule has 1 heterocycles. The van der Waals surface area contributed by atoms with Gasteiger partial charge >= 0.3 is 356 Å². The SMILES string of the molecule is Cc1[c]([RaH])[c]([RaH])c2[c]([RaH])c3[c]([RaH])c(C)[c]([RaH])[c]([RaH])c3nc2[c]1[RaH]. The molecular formula is C15H13NRa7. The van der Waals surface area contributed by atoms with E-state index in [0.29, 0.717) is 300 Å². The van der Waals surface area contributed by atoms with Crippen LogP contribution in [0.1, 0.15) is 11.1 Å². The van der Waals surface area contributed by atoms with Crippen molar-refractivity contribution < 1.29 is 300 Å². The number of hydrogen-bond donors (Lipinski definition) is 0. The van der Waals surface area contributed by atoms with Crippen LogP contribution in [0.3, 0.4) is 0 Å². The number of benzene rings is 2. The van der Waals surface area contributed by atoms with Crippen LogP contribution >= 0.6 is 0 Å². The van der Waals surface area contributed by atoms with Crippen LogP contribution in [0.4, 0.5) is 0 Å². The summed E-state index contributed by atoms with van der Waals surface area (Å²) in [6.45, 7) is 4.88. The van der Waals surface area contributed by atoms with Crippen molar-refractivity contribution >= 4 is 26.0 Å². The second-order valence-corrected chi connectivity index (χ2v) is 36.0. The second-order valence-electron chi connectivity index (χ2n) is 7.18. The zero-order valence-corrected chi connectivity index (χ0v) is 73.5. The Kier molecular flexibility index (Phi) is 12.7. The first kappa shape index (κ1) is 26.0. The van der Waals surface area contributed by atoms with Crippen LogP contribution in [-0.2, 0) is 0 Å². The van der Waals surface area contributed by atoms with E-state index in [2.05, 4.69) is 13.8 Å². The Morgan fingerprint density at radius 1 is 0.478 bits per heavy atom. The average molecular weight is 1790 g/mol. The predicted molar refractivity (Wildman–Crippen MR) is 75.9 cm³/mol. The van der Waals surface area contributed by atoms with E-state index >= 15 is 0 Å². The molecule has 0 amide bonds.